The third-order valence-electron chi connectivity index (χ3n) is 5.03. The smallest absolute Gasteiger partial charge is 0.399 e. The van der Waals surface area contributed by atoms with Gasteiger partial charge in [-0.3, -0.25) is 4.40 Å². The standard InChI is InChI=1S/C18H19BFN3O2/c1-17(2)18(3,4)25-19(24-17)12-6-7-13(14(20)10-12)15-11-23-9-5-8-21-16(23)22-15/h5-11H,1-4H3. The highest BCUT2D eigenvalue weighted by molar-refractivity contribution is 6.62. The first-order chi connectivity index (χ1) is 11.8. The maximum atomic E-state index is 14.7. The molecule has 0 N–H and O–H groups in total. The summed E-state index contributed by atoms with van der Waals surface area (Å²) in [4.78, 5) is 8.53. The van der Waals surface area contributed by atoms with E-state index < -0.39 is 18.3 Å². The Morgan fingerprint density at radius 1 is 1.12 bits per heavy atom. The molecule has 0 bridgehead atoms. The maximum absolute atomic E-state index is 14.7. The van der Waals surface area contributed by atoms with E-state index in [0.29, 0.717) is 22.5 Å². The highest BCUT2D eigenvalue weighted by atomic mass is 19.1. The molecule has 0 unspecified atom stereocenters. The lowest BCUT2D eigenvalue weighted by Crippen LogP contribution is -2.41. The Hall–Kier alpha value is -2.25. The molecular weight excluding hydrogens is 320 g/mol. The molecule has 1 aliphatic heterocycles. The van der Waals surface area contributed by atoms with Gasteiger partial charge < -0.3 is 9.31 Å². The molecule has 1 fully saturated rings. The van der Waals surface area contributed by atoms with Gasteiger partial charge in [-0.2, -0.15) is 0 Å². The fourth-order valence-electron chi connectivity index (χ4n) is 2.82. The minimum Gasteiger partial charge on any atom is -0.399 e. The lowest BCUT2D eigenvalue weighted by Gasteiger charge is -2.32. The number of nitrogens with zero attached hydrogens (tertiary/aromatic N) is 3. The molecule has 25 heavy (non-hydrogen) atoms. The van der Waals surface area contributed by atoms with E-state index in [9.17, 15) is 4.39 Å². The third kappa shape index (κ3) is 2.64. The molecule has 128 valence electrons. The first-order valence-electron chi connectivity index (χ1n) is 8.22. The zero-order chi connectivity index (χ0) is 17.8. The first kappa shape index (κ1) is 16.2. The lowest BCUT2D eigenvalue weighted by atomic mass is 9.78. The van der Waals surface area contributed by atoms with Crippen molar-refractivity contribution < 1.29 is 13.7 Å². The minimum atomic E-state index is -0.587. The average Bonchev–Trinajstić information content (AvgIpc) is 3.05. The molecule has 1 aromatic carbocycles. The van der Waals surface area contributed by atoms with Crippen molar-refractivity contribution in [1.82, 2.24) is 14.4 Å². The van der Waals surface area contributed by atoms with Crippen molar-refractivity contribution in [2.24, 2.45) is 0 Å². The fourth-order valence-corrected chi connectivity index (χ4v) is 2.82. The molecule has 2 aromatic heterocycles. The van der Waals surface area contributed by atoms with E-state index in [0.717, 1.165) is 0 Å². The van der Waals surface area contributed by atoms with Crippen molar-refractivity contribution in [3.8, 4) is 11.3 Å². The molecule has 3 aromatic rings. The van der Waals surface area contributed by atoms with Crippen molar-refractivity contribution in [2.45, 2.75) is 38.9 Å². The predicted molar refractivity (Wildman–Crippen MR) is 94.1 cm³/mol. The van der Waals surface area contributed by atoms with Crippen molar-refractivity contribution in [1.29, 1.82) is 0 Å². The summed E-state index contributed by atoms with van der Waals surface area (Å²) >= 11 is 0. The number of hydrogen-bond acceptors (Lipinski definition) is 4. The van der Waals surface area contributed by atoms with E-state index in [-0.39, 0.29) is 5.82 Å². The van der Waals surface area contributed by atoms with Gasteiger partial charge in [0.1, 0.15) is 5.82 Å². The molecule has 0 radical (unpaired) electrons. The summed E-state index contributed by atoms with van der Waals surface area (Å²) in [7, 11) is -0.587. The summed E-state index contributed by atoms with van der Waals surface area (Å²) in [5, 5.41) is 0. The fraction of sp³-hybridized carbons (Fsp3) is 0.333. The number of imidazole rings is 1. The molecular formula is C18H19BFN3O2. The summed E-state index contributed by atoms with van der Waals surface area (Å²) in [6.45, 7) is 7.89. The van der Waals surface area contributed by atoms with Crippen LogP contribution in [0.15, 0.2) is 42.9 Å². The summed E-state index contributed by atoms with van der Waals surface area (Å²) in [5.74, 6) is 0.169. The Labute approximate surface area is 146 Å². The molecule has 0 spiro atoms. The van der Waals surface area contributed by atoms with Gasteiger partial charge in [-0.1, -0.05) is 12.1 Å². The third-order valence-corrected chi connectivity index (χ3v) is 5.03. The molecule has 4 rings (SSSR count). The van der Waals surface area contributed by atoms with Crippen LogP contribution >= 0.6 is 0 Å². The molecule has 7 heteroatoms. The van der Waals surface area contributed by atoms with Gasteiger partial charge in [-0.15, -0.1) is 0 Å². The number of hydrogen-bond donors (Lipinski definition) is 0. The SMILES string of the molecule is CC1(C)OB(c2ccc(-c3cn4cccnc4n3)c(F)c2)OC1(C)C. The molecule has 0 saturated carbocycles. The Balaban J connectivity index is 1.68. The van der Waals surface area contributed by atoms with Gasteiger partial charge in [0, 0.05) is 24.2 Å². The van der Waals surface area contributed by atoms with Crippen LogP contribution in [-0.2, 0) is 9.31 Å². The van der Waals surface area contributed by atoms with Gasteiger partial charge in [0.15, 0.2) is 0 Å². The number of fused-ring (bicyclic) bond motifs is 1. The molecule has 3 heterocycles. The summed E-state index contributed by atoms with van der Waals surface area (Å²) in [5.41, 5.74) is 0.699. The second-order valence-electron chi connectivity index (χ2n) is 7.28. The number of aromatic nitrogens is 3. The van der Waals surface area contributed by atoms with Crippen molar-refractivity contribution in [2.75, 3.05) is 0 Å². The Kier molecular flexibility index (Phi) is 3.49. The van der Waals surface area contributed by atoms with Crippen LogP contribution in [0.4, 0.5) is 4.39 Å². The minimum absolute atomic E-state index is 0.365. The van der Waals surface area contributed by atoms with Gasteiger partial charge in [-0.25, -0.2) is 14.4 Å². The molecule has 1 saturated heterocycles. The van der Waals surface area contributed by atoms with E-state index in [2.05, 4.69) is 9.97 Å². The topological polar surface area (TPSA) is 48.7 Å². The number of benzene rings is 1. The van der Waals surface area contributed by atoms with Gasteiger partial charge >= 0.3 is 7.12 Å². The van der Waals surface area contributed by atoms with E-state index in [4.69, 9.17) is 9.31 Å². The zero-order valence-electron chi connectivity index (χ0n) is 14.7. The Morgan fingerprint density at radius 2 is 1.84 bits per heavy atom. The molecule has 0 aliphatic carbocycles. The quantitative estimate of drug-likeness (QED) is 0.674. The van der Waals surface area contributed by atoms with Crippen molar-refractivity contribution in [3.63, 3.8) is 0 Å². The van der Waals surface area contributed by atoms with Crippen LogP contribution in [0.1, 0.15) is 27.7 Å². The number of halogens is 1. The average molecular weight is 339 g/mol. The Bertz CT molecular complexity index is 905. The normalized spacial score (nSPS) is 18.8. The monoisotopic (exact) mass is 339 g/mol. The first-order valence-corrected chi connectivity index (χ1v) is 8.22. The van der Waals surface area contributed by atoms with Crippen molar-refractivity contribution >= 4 is 18.4 Å². The highest BCUT2D eigenvalue weighted by Gasteiger charge is 2.51. The van der Waals surface area contributed by atoms with Crippen molar-refractivity contribution in [3.05, 3.63) is 48.7 Å². The van der Waals surface area contributed by atoms with E-state index in [1.54, 1.807) is 28.9 Å². The van der Waals surface area contributed by atoms with Crippen LogP contribution in [0, 0.1) is 5.82 Å². The van der Waals surface area contributed by atoms with Crippen LogP contribution in [0.2, 0.25) is 0 Å². The zero-order valence-corrected chi connectivity index (χ0v) is 14.7. The molecule has 0 amide bonds. The highest BCUT2D eigenvalue weighted by Crippen LogP contribution is 2.36. The van der Waals surface area contributed by atoms with Gasteiger partial charge in [0.2, 0.25) is 5.78 Å². The van der Waals surface area contributed by atoms with E-state index >= 15 is 0 Å². The number of rotatable bonds is 2. The summed E-state index contributed by atoms with van der Waals surface area (Å²) in [6, 6.07) is 6.78. The lowest BCUT2D eigenvalue weighted by molar-refractivity contribution is 0.00578. The van der Waals surface area contributed by atoms with E-state index in [1.807, 2.05) is 40.0 Å². The van der Waals surface area contributed by atoms with Crippen LogP contribution < -0.4 is 5.46 Å². The molecule has 1 aliphatic rings. The maximum Gasteiger partial charge on any atom is 0.494 e. The second kappa shape index (κ2) is 5.38. The van der Waals surface area contributed by atoms with Crippen LogP contribution in [-0.4, -0.2) is 32.7 Å². The van der Waals surface area contributed by atoms with Crippen LogP contribution in [0.3, 0.4) is 0 Å². The predicted octanol–water partition coefficient (Wildman–Crippen LogP) is 2.83. The van der Waals surface area contributed by atoms with Gasteiger partial charge in [0.05, 0.1) is 16.9 Å². The summed E-state index contributed by atoms with van der Waals surface area (Å²) in [6.07, 6.45) is 5.24. The molecule has 5 nitrogen and oxygen atoms in total. The largest absolute Gasteiger partial charge is 0.494 e. The van der Waals surface area contributed by atoms with Gasteiger partial charge in [-0.05, 0) is 45.3 Å². The second-order valence-corrected chi connectivity index (χ2v) is 7.28. The summed E-state index contributed by atoms with van der Waals surface area (Å²) < 4.78 is 28.4. The van der Waals surface area contributed by atoms with E-state index in [1.165, 1.54) is 6.07 Å². The van der Waals surface area contributed by atoms with Crippen LogP contribution in [0.5, 0.6) is 0 Å². The Morgan fingerprint density at radius 3 is 2.48 bits per heavy atom. The van der Waals surface area contributed by atoms with Gasteiger partial charge in [0.25, 0.3) is 0 Å². The molecule has 0 atom stereocenters. The van der Waals surface area contributed by atoms with Crippen LogP contribution in [0.25, 0.3) is 17.0 Å².